The summed E-state index contributed by atoms with van der Waals surface area (Å²) in [6.45, 7) is 4.15. The van der Waals surface area contributed by atoms with E-state index in [1.807, 2.05) is 17.5 Å². The van der Waals surface area contributed by atoms with E-state index in [1.165, 1.54) is 28.0 Å². The fraction of sp³-hybridized carbons (Fsp3) is 0.111. The van der Waals surface area contributed by atoms with E-state index in [-0.39, 0.29) is 5.91 Å². The maximum absolute atomic E-state index is 13.3. The van der Waals surface area contributed by atoms with Gasteiger partial charge in [0.25, 0.3) is 5.91 Å². The molecular formula is C27H22N2OS2. The number of aryl methyl sites for hydroxylation is 2. The number of hydrogen-bond acceptors (Lipinski definition) is 4. The quantitative estimate of drug-likeness (QED) is 0.299. The smallest absolute Gasteiger partial charge is 0.267 e. The predicted molar refractivity (Wildman–Crippen MR) is 136 cm³/mol. The molecule has 2 aromatic heterocycles. The first-order valence-corrected chi connectivity index (χ1v) is 12.2. The molecule has 0 atom stereocenters. The number of thiazole rings is 1. The van der Waals surface area contributed by atoms with Crippen LogP contribution in [0, 0.1) is 13.8 Å². The lowest BCUT2D eigenvalue weighted by molar-refractivity contribution is 0.103. The second-order valence-corrected chi connectivity index (χ2v) is 9.84. The highest BCUT2D eigenvalue weighted by atomic mass is 32.1. The number of carbonyl (C=O) groups is 1. The Morgan fingerprint density at radius 2 is 1.59 bits per heavy atom. The first-order valence-electron chi connectivity index (χ1n) is 10.5. The summed E-state index contributed by atoms with van der Waals surface area (Å²) < 4.78 is 1.12. The van der Waals surface area contributed by atoms with Crippen LogP contribution in [0.15, 0.2) is 78.2 Å². The van der Waals surface area contributed by atoms with Crippen LogP contribution >= 0.6 is 22.7 Å². The summed E-state index contributed by atoms with van der Waals surface area (Å²) in [5, 5.41) is 6.78. The summed E-state index contributed by atoms with van der Waals surface area (Å²) in [6, 6.07) is 25.0. The maximum atomic E-state index is 13.3. The fourth-order valence-electron chi connectivity index (χ4n) is 3.71. The first kappa shape index (κ1) is 20.6. The Morgan fingerprint density at radius 1 is 0.906 bits per heavy atom. The molecule has 0 fully saturated rings. The summed E-state index contributed by atoms with van der Waals surface area (Å²) >= 11 is 2.99. The number of fused-ring (bicyclic) bond motifs is 1. The summed E-state index contributed by atoms with van der Waals surface area (Å²) in [5.41, 5.74) is 6.64. The molecule has 2 heterocycles. The standard InChI is InChI=1S/C27H22N2OS2/c1-17-7-11-19(12-8-17)15-22-21-5-3-4-6-24(21)32-25(22)26(30)29-27-28-23(16-31-27)20-13-9-18(2)10-14-20/h3-14,16H,15H2,1-2H3,(H,28,29,30). The lowest BCUT2D eigenvalue weighted by Gasteiger charge is -2.06. The van der Waals surface area contributed by atoms with Crippen molar-refractivity contribution < 1.29 is 4.79 Å². The van der Waals surface area contributed by atoms with Crippen molar-refractivity contribution >= 4 is 43.8 Å². The number of rotatable bonds is 5. The minimum absolute atomic E-state index is 0.0990. The van der Waals surface area contributed by atoms with Crippen molar-refractivity contribution in [3.05, 3.63) is 105 Å². The lowest BCUT2D eigenvalue weighted by atomic mass is 10.0. The number of amides is 1. The normalized spacial score (nSPS) is 11.1. The molecule has 0 radical (unpaired) electrons. The molecular weight excluding hydrogens is 432 g/mol. The van der Waals surface area contributed by atoms with E-state index in [2.05, 4.69) is 84.8 Å². The molecule has 0 aliphatic carbocycles. The Morgan fingerprint density at radius 3 is 2.34 bits per heavy atom. The third-order valence-corrected chi connectivity index (χ3v) is 7.45. The lowest BCUT2D eigenvalue weighted by Crippen LogP contribution is -2.12. The molecule has 3 aromatic carbocycles. The molecule has 32 heavy (non-hydrogen) atoms. The van der Waals surface area contributed by atoms with Crippen LogP contribution in [0.4, 0.5) is 5.13 Å². The third kappa shape index (κ3) is 4.22. The molecule has 0 unspecified atom stereocenters. The van der Waals surface area contributed by atoms with Crippen LogP contribution in [-0.4, -0.2) is 10.9 Å². The Bertz CT molecular complexity index is 1400. The van der Waals surface area contributed by atoms with Gasteiger partial charge in [-0.1, -0.05) is 77.9 Å². The zero-order chi connectivity index (χ0) is 22.1. The topological polar surface area (TPSA) is 42.0 Å². The van der Waals surface area contributed by atoms with Gasteiger partial charge >= 0.3 is 0 Å². The third-order valence-electron chi connectivity index (χ3n) is 5.48. The van der Waals surface area contributed by atoms with Crippen molar-refractivity contribution in [3.63, 3.8) is 0 Å². The molecule has 0 aliphatic rings. The van der Waals surface area contributed by atoms with Crippen molar-refractivity contribution in [3.8, 4) is 11.3 Å². The Balaban J connectivity index is 1.44. The van der Waals surface area contributed by atoms with Crippen LogP contribution in [0.25, 0.3) is 21.3 Å². The highest BCUT2D eigenvalue weighted by molar-refractivity contribution is 7.21. The summed E-state index contributed by atoms with van der Waals surface area (Å²) in [7, 11) is 0. The van der Waals surface area contributed by atoms with Crippen molar-refractivity contribution in [1.29, 1.82) is 0 Å². The van der Waals surface area contributed by atoms with Gasteiger partial charge in [0, 0.05) is 15.6 Å². The van der Waals surface area contributed by atoms with Crippen molar-refractivity contribution in [2.75, 3.05) is 5.32 Å². The molecule has 0 spiro atoms. The molecule has 0 bridgehead atoms. The molecule has 0 aliphatic heterocycles. The van der Waals surface area contributed by atoms with Crippen LogP contribution in [0.2, 0.25) is 0 Å². The molecule has 5 aromatic rings. The van der Waals surface area contributed by atoms with Gasteiger partial charge in [0.15, 0.2) is 5.13 Å². The first-order chi connectivity index (χ1) is 15.6. The number of benzene rings is 3. The van der Waals surface area contributed by atoms with Gasteiger partial charge < -0.3 is 0 Å². The van der Waals surface area contributed by atoms with Gasteiger partial charge in [-0.2, -0.15) is 0 Å². The van der Waals surface area contributed by atoms with Gasteiger partial charge in [-0.15, -0.1) is 22.7 Å². The van der Waals surface area contributed by atoms with Crippen LogP contribution in [0.5, 0.6) is 0 Å². The molecule has 5 rings (SSSR count). The summed E-state index contributed by atoms with van der Waals surface area (Å²) in [5.74, 6) is -0.0990. The molecule has 1 N–H and O–H groups in total. The second kappa shape index (κ2) is 8.69. The Labute approximate surface area is 195 Å². The number of hydrogen-bond donors (Lipinski definition) is 1. The fourth-order valence-corrected chi connectivity index (χ4v) is 5.54. The predicted octanol–water partition coefficient (Wildman–Crippen LogP) is 7.48. The number of thiophene rings is 1. The summed E-state index contributed by atoms with van der Waals surface area (Å²) in [4.78, 5) is 18.7. The zero-order valence-electron chi connectivity index (χ0n) is 17.9. The van der Waals surface area contributed by atoms with Gasteiger partial charge in [-0.3, -0.25) is 10.1 Å². The van der Waals surface area contributed by atoms with E-state index in [4.69, 9.17) is 0 Å². The van der Waals surface area contributed by atoms with Crippen molar-refractivity contribution in [1.82, 2.24) is 4.98 Å². The Kier molecular flexibility index (Phi) is 5.60. The van der Waals surface area contributed by atoms with Gasteiger partial charge in [-0.05, 0) is 42.8 Å². The average molecular weight is 455 g/mol. The second-order valence-electron chi connectivity index (χ2n) is 7.93. The van der Waals surface area contributed by atoms with Crippen LogP contribution < -0.4 is 5.32 Å². The number of carbonyl (C=O) groups excluding carboxylic acids is 1. The minimum Gasteiger partial charge on any atom is -0.297 e. The SMILES string of the molecule is Cc1ccc(Cc2c(C(=O)Nc3nc(-c4ccc(C)cc4)cs3)sc3ccccc23)cc1. The highest BCUT2D eigenvalue weighted by Gasteiger charge is 2.20. The van der Waals surface area contributed by atoms with E-state index in [9.17, 15) is 4.79 Å². The van der Waals surface area contributed by atoms with Crippen LogP contribution in [0.1, 0.15) is 31.9 Å². The molecule has 158 valence electrons. The minimum atomic E-state index is -0.0990. The number of anilines is 1. The largest absolute Gasteiger partial charge is 0.297 e. The maximum Gasteiger partial charge on any atom is 0.267 e. The summed E-state index contributed by atoms with van der Waals surface area (Å²) in [6.07, 6.45) is 0.722. The van der Waals surface area contributed by atoms with E-state index < -0.39 is 0 Å². The molecule has 1 amide bonds. The molecule has 5 heteroatoms. The van der Waals surface area contributed by atoms with Crippen LogP contribution in [0.3, 0.4) is 0 Å². The molecule has 0 saturated heterocycles. The van der Waals surface area contributed by atoms with E-state index in [0.29, 0.717) is 5.13 Å². The molecule has 0 saturated carbocycles. The highest BCUT2D eigenvalue weighted by Crippen LogP contribution is 2.34. The van der Waals surface area contributed by atoms with Crippen molar-refractivity contribution in [2.24, 2.45) is 0 Å². The molecule has 3 nitrogen and oxygen atoms in total. The van der Waals surface area contributed by atoms with E-state index in [0.717, 1.165) is 38.2 Å². The van der Waals surface area contributed by atoms with Gasteiger partial charge in [-0.25, -0.2) is 4.98 Å². The number of aromatic nitrogens is 1. The number of nitrogens with one attached hydrogen (secondary N) is 1. The van der Waals surface area contributed by atoms with Gasteiger partial charge in [0.1, 0.15) is 0 Å². The van der Waals surface area contributed by atoms with Crippen molar-refractivity contribution in [2.45, 2.75) is 20.3 Å². The Hall–Kier alpha value is -3.28. The van der Waals surface area contributed by atoms with Crippen LogP contribution in [-0.2, 0) is 6.42 Å². The zero-order valence-corrected chi connectivity index (χ0v) is 19.5. The average Bonchev–Trinajstić information content (AvgIpc) is 3.41. The van der Waals surface area contributed by atoms with Gasteiger partial charge in [0.2, 0.25) is 0 Å². The van der Waals surface area contributed by atoms with E-state index >= 15 is 0 Å². The van der Waals surface area contributed by atoms with E-state index in [1.54, 1.807) is 11.3 Å². The monoisotopic (exact) mass is 454 g/mol. The number of nitrogens with zero attached hydrogens (tertiary/aromatic N) is 1. The van der Waals surface area contributed by atoms with Gasteiger partial charge in [0.05, 0.1) is 10.6 Å².